The van der Waals surface area contributed by atoms with E-state index in [1.54, 1.807) is 4.90 Å². The first kappa shape index (κ1) is 20.0. The molecule has 2 atom stereocenters. The van der Waals surface area contributed by atoms with Gasteiger partial charge in [0.2, 0.25) is 0 Å². The van der Waals surface area contributed by atoms with Crippen LogP contribution in [0.2, 0.25) is 0 Å². The van der Waals surface area contributed by atoms with Crippen molar-refractivity contribution in [2.75, 3.05) is 39.6 Å². The zero-order valence-electron chi connectivity index (χ0n) is 17.4. The Balaban J connectivity index is 1.93. The van der Waals surface area contributed by atoms with E-state index in [0.29, 0.717) is 0 Å². The lowest BCUT2D eigenvalue weighted by Gasteiger charge is -2.21. The summed E-state index contributed by atoms with van der Waals surface area (Å²) < 4.78 is 0. The molecule has 2 aromatic carbocycles. The SMILES string of the molecule is C[C@H]([NH2+]C[C@@H](c1ccc(N(C)C)cc1)c1c[nH]c2ccccc12)C(=O)N(C)C. The van der Waals surface area contributed by atoms with Crippen LogP contribution in [0.15, 0.2) is 54.7 Å². The van der Waals surface area contributed by atoms with Gasteiger partial charge in [-0.1, -0.05) is 30.3 Å². The summed E-state index contributed by atoms with van der Waals surface area (Å²) in [5.41, 5.74) is 4.86. The maximum absolute atomic E-state index is 12.3. The summed E-state index contributed by atoms with van der Waals surface area (Å²) >= 11 is 0. The lowest BCUT2D eigenvalue weighted by atomic mass is 9.90. The number of anilines is 1. The van der Waals surface area contributed by atoms with Crippen LogP contribution in [0.3, 0.4) is 0 Å². The number of amides is 1. The number of para-hydroxylation sites is 1. The number of carbonyl (C=O) groups excluding carboxylic acids is 1. The molecule has 1 amide bonds. The fraction of sp³-hybridized carbons (Fsp3) is 0.348. The number of H-pyrrole nitrogens is 1. The molecule has 0 aliphatic carbocycles. The molecular formula is C23H31N4O+. The normalized spacial score (nSPS) is 13.3. The van der Waals surface area contributed by atoms with Crippen molar-refractivity contribution in [1.82, 2.24) is 9.88 Å². The number of nitrogens with one attached hydrogen (secondary N) is 1. The van der Waals surface area contributed by atoms with Crippen LogP contribution in [0.4, 0.5) is 5.69 Å². The van der Waals surface area contributed by atoms with E-state index in [2.05, 4.69) is 78.0 Å². The molecule has 0 radical (unpaired) electrons. The second kappa shape index (κ2) is 8.48. The molecule has 1 heterocycles. The molecule has 5 nitrogen and oxygen atoms in total. The lowest BCUT2D eigenvalue weighted by Crippen LogP contribution is -2.92. The van der Waals surface area contributed by atoms with Crippen LogP contribution >= 0.6 is 0 Å². The second-order valence-corrected chi connectivity index (χ2v) is 7.82. The minimum absolute atomic E-state index is 0.108. The van der Waals surface area contributed by atoms with Crippen LogP contribution in [0.5, 0.6) is 0 Å². The van der Waals surface area contributed by atoms with Gasteiger partial charge in [-0.15, -0.1) is 0 Å². The smallest absolute Gasteiger partial charge is 0.279 e. The molecule has 0 spiro atoms. The van der Waals surface area contributed by atoms with E-state index in [-0.39, 0.29) is 17.9 Å². The Morgan fingerprint density at radius 3 is 2.36 bits per heavy atom. The van der Waals surface area contributed by atoms with Crippen LogP contribution in [-0.4, -0.2) is 56.6 Å². The minimum Gasteiger partial charge on any atom is -0.378 e. The van der Waals surface area contributed by atoms with E-state index in [0.717, 1.165) is 12.1 Å². The number of hydrogen-bond acceptors (Lipinski definition) is 2. The van der Waals surface area contributed by atoms with Crippen molar-refractivity contribution in [3.05, 3.63) is 65.9 Å². The number of benzene rings is 2. The second-order valence-electron chi connectivity index (χ2n) is 7.82. The van der Waals surface area contributed by atoms with Gasteiger partial charge in [0.05, 0.1) is 12.5 Å². The van der Waals surface area contributed by atoms with Crippen LogP contribution in [0.1, 0.15) is 24.0 Å². The molecule has 0 bridgehead atoms. The van der Waals surface area contributed by atoms with Crippen molar-refractivity contribution in [2.45, 2.75) is 18.9 Å². The number of quaternary nitrogens is 1. The molecule has 0 unspecified atom stereocenters. The topological polar surface area (TPSA) is 56.0 Å². The Labute approximate surface area is 167 Å². The van der Waals surface area contributed by atoms with E-state index in [1.807, 2.05) is 27.1 Å². The Bertz CT molecular complexity index is 927. The fourth-order valence-electron chi connectivity index (χ4n) is 3.68. The monoisotopic (exact) mass is 379 g/mol. The highest BCUT2D eigenvalue weighted by Crippen LogP contribution is 2.30. The molecular weight excluding hydrogens is 348 g/mol. The van der Waals surface area contributed by atoms with Gasteiger partial charge in [0.1, 0.15) is 0 Å². The number of nitrogens with two attached hydrogens (primary N) is 1. The zero-order valence-corrected chi connectivity index (χ0v) is 17.4. The summed E-state index contributed by atoms with van der Waals surface area (Å²) in [5, 5.41) is 3.39. The van der Waals surface area contributed by atoms with Crippen molar-refractivity contribution in [1.29, 1.82) is 0 Å². The molecule has 148 valence electrons. The molecule has 3 N–H and O–H groups in total. The van der Waals surface area contributed by atoms with Crippen LogP contribution < -0.4 is 10.2 Å². The lowest BCUT2D eigenvalue weighted by molar-refractivity contribution is -0.675. The quantitative estimate of drug-likeness (QED) is 0.662. The number of rotatable bonds is 7. The molecule has 0 fully saturated rings. The first-order valence-corrected chi connectivity index (χ1v) is 9.76. The standard InChI is InChI=1S/C23H30N4O/c1-16(23(28)27(4)5)24-14-20(17-10-12-18(13-11-17)26(2)3)21-15-25-22-9-7-6-8-19(21)22/h6-13,15-16,20,24-25H,14H2,1-5H3/p+1/t16-,20-/m0/s1. The highest BCUT2D eigenvalue weighted by Gasteiger charge is 2.24. The van der Waals surface area contributed by atoms with E-state index in [1.165, 1.54) is 22.2 Å². The molecule has 3 aromatic rings. The van der Waals surface area contributed by atoms with Gasteiger partial charge in [-0.05, 0) is 36.2 Å². The van der Waals surface area contributed by atoms with E-state index < -0.39 is 0 Å². The molecule has 1 aromatic heterocycles. The minimum atomic E-state index is -0.108. The number of fused-ring (bicyclic) bond motifs is 1. The summed E-state index contributed by atoms with van der Waals surface area (Å²) in [7, 11) is 7.72. The number of carbonyl (C=O) groups is 1. The fourth-order valence-corrected chi connectivity index (χ4v) is 3.68. The number of aromatic amines is 1. The first-order valence-electron chi connectivity index (χ1n) is 9.76. The van der Waals surface area contributed by atoms with Gasteiger partial charge in [0.15, 0.2) is 6.04 Å². The van der Waals surface area contributed by atoms with Gasteiger partial charge < -0.3 is 20.1 Å². The maximum Gasteiger partial charge on any atom is 0.279 e. The third-order valence-corrected chi connectivity index (χ3v) is 5.36. The summed E-state index contributed by atoms with van der Waals surface area (Å²) in [6.45, 7) is 2.79. The van der Waals surface area contributed by atoms with Crippen LogP contribution in [0, 0.1) is 0 Å². The third kappa shape index (κ3) is 4.20. The number of aromatic nitrogens is 1. The van der Waals surface area contributed by atoms with Crippen molar-refractivity contribution in [2.24, 2.45) is 0 Å². The molecule has 0 saturated carbocycles. The Morgan fingerprint density at radius 2 is 1.71 bits per heavy atom. The van der Waals surface area contributed by atoms with E-state index in [9.17, 15) is 4.79 Å². The molecule has 0 saturated heterocycles. The first-order chi connectivity index (χ1) is 13.4. The Morgan fingerprint density at radius 1 is 1.04 bits per heavy atom. The van der Waals surface area contributed by atoms with Gasteiger partial charge in [0.25, 0.3) is 5.91 Å². The van der Waals surface area contributed by atoms with Crippen molar-refractivity contribution >= 4 is 22.5 Å². The predicted octanol–water partition coefficient (Wildman–Crippen LogP) is 2.41. The van der Waals surface area contributed by atoms with Crippen LogP contribution in [-0.2, 0) is 4.79 Å². The molecule has 0 aliphatic rings. The maximum atomic E-state index is 12.3. The number of nitrogens with zero attached hydrogens (tertiary/aromatic N) is 2. The number of hydrogen-bond donors (Lipinski definition) is 2. The summed E-state index contributed by atoms with van der Waals surface area (Å²) in [6, 6.07) is 17.0. The van der Waals surface area contributed by atoms with Crippen molar-refractivity contribution in [3.8, 4) is 0 Å². The predicted molar refractivity (Wildman–Crippen MR) is 116 cm³/mol. The zero-order chi connectivity index (χ0) is 20.3. The molecule has 0 aliphatic heterocycles. The van der Waals surface area contributed by atoms with Gasteiger partial charge in [-0.2, -0.15) is 0 Å². The average molecular weight is 380 g/mol. The summed E-state index contributed by atoms with van der Waals surface area (Å²) in [5.74, 6) is 0.338. The average Bonchev–Trinajstić information content (AvgIpc) is 3.11. The molecule has 3 rings (SSSR count). The van der Waals surface area contributed by atoms with Gasteiger partial charge >= 0.3 is 0 Å². The van der Waals surface area contributed by atoms with Crippen molar-refractivity contribution in [3.63, 3.8) is 0 Å². The highest BCUT2D eigenvalue weighted by molar-refractivity contribution is 5.84. The summed E-state index contributed by atoms with van der Waals surface area (Å²) in [6.07, 6.45) is 2.11. The van der Waals surface area contributed by atoms with E-state index >= 15 is 0 Å². The molecule has 5 heteroatoms. The largest absolute Gasteiger partial charge is 0.378 e. The van der Waals surface area contributed by atoms with Gasteiger partial charge in [-0.3, -0.25) is 4.79 Å². The van der Waals surface area contributed by atoms with E-state index in [4.69, 9.17) is 0 Å². The summed E-state index contributed by atoms with van der Waals surface area (Å²) in [4.78, 5) is 19.5. The highest BCUT2D eigenvalue weighted by atomic mass is 16.2. The Kier molecular flexibility index (Phi) is 6.05. The van der Waals surface area contributed by atoms with Crippen LogP contribution in [0.25, 0.3) is 10.9 Å². The molecule has 28 heavy (non-hydrogen) atoms. The van der Waals surface area contributed by atoms with Gasteiger partial charge in [-0.25, -0.2) is 0 Å². The van der Waals surface area contributed by atoms with Crippen molar-refractivity contribution < 1.29 is 10.1 Å². The number of likely N-dealkylation sites (N-methyl/N-ethyl adjacent to an activating group) is 1. The Hall–Kier alpha value is -2.79. The third-order valence-electron chi connectivity index (χ3n) is 5.36. The van der Waals surface area contributed by atoms with Gasteiger partial charge in [0, 0.05) is 51.0 Å².